The Labute approximate surface area is 314 Å². The minimum Gasteiger partial charge on any atom is -0.461 e. The Balaban J connectivity index is 0.000000228. The zero-order chi connectivity index (χ0) is 36.8. The predicted molar refractivity (Wildman–Crippen MR) is 200 cm³/mol. The Bertz CT molecular complexity index is 1590. The number of fused-ring (bicyclic) bond motifs is 2. The number of cyclic esters (lactones) is 1. The fourth-order valence-corrected chi connectivity index (χ4v) is 8.47. The number of thioether (sulfide) groups is 2. The number of nitrogens with zero attached hydrogens (tertiary/aromatic N) is 2. The highest BCUT2D eigenvalue weighted by molar-refractivity contribution is 8.13. The second-order valence-corrected chi connectivity index (χ2v) is 17.6. The zero-order valence-corrected chi connectivity index (χ0v) is 33.1. The van der Waals surface area contributed by atoms with E-state index in [0.29, 0.717) is 54.8 Å². The van der Waals surface area contributed by atoms with Crippen molar-refractivity contribution in [2.45, 2.75) is 114 Å². The third-order valence-electron chi connectivity index (χ3n) is 8.12. The highest BCUT2D eigenvalue weighted by Gasteiger charge is 2.29. The van der Waals surface area contributed by atoms with Gasteiger partial charge in [0.1, 0.15) is 17.3 Å². The number of benzene rings is 2. The molecule has 0 bridgehead atoms. The molecule has 1 saturated heterocycles. The van der Waals surface area contributed by atoms with Crippen molar-refractivity contribution in [2.75, 3.05) is 31.9 Å². The first kappa shape index (κ1) is 40.2. The van der Waals surface area contributed by atoms with Gasteiger partial charge < -0.3 is 24.0 Å². The van der Waals surface area contributed by atoms with Crippen molar-refractivity contribution >= 4 is 70.0 Å². The molecule has 3 heterocycles. The molecule has 0 spiro atoms. The summed E-state index contributed by atoms with van der Waals surface area (Å²) < 4.78 is 16.3. The Kier molecular flexibility index (Phi) is 13.9. The van der Waals surface area contributed by atoms with Crippen molar-refractivity contribution in [3.05, 3.63) is 56.6 Å². The number of ether oxygens (including phenoxy) is 3. The van der Waals surface area contributed by atoms with Gasteiger partial charge >= 0.3 is 18.2 Å². The van der Waals surface area contributed by atoms with Crippen molar-refractivity contribution in [1.29, 1.82) is 0 Å². The molecular formula is C37H48Cl2N2O7S2. The number of carbonyl (C=O) groups is 4. The molecule has 0 saturated carbocycles. The van der Waals surface area contributed by atoms with E-state index in [4.69, 9.17) is 37.4 Å². The van der Waals surface area contributed by atoms with Gasteiger partial charge in [0.2, 0.25) is 0 Å². The Hall–Kier alpha value is -2.60. The molecule has 50 heavy (non-hydrogen) atoms. The van der Waals surface area contributed by atoms with Crippen LogP contribution < -0.4 is 0 Å². The lowest BCUT2D eigenvalue weighted by Gasteiger charge is -2.26. The highest BCUT2D eigenvalue weighted by Crippen LogP contribution is 2.37. The molecule has 0 radical (unpaired) electrons. The van der Waals surface area contributed by atoms with E-state index < -0.39 is 11.2 Å². The Morgan fingerprint density at radius 3 is 1.66 bits per heavy atom. The SMILES string of the molecule is CC(=O)Sc1c(Cl)ccc2c1CCN(C(=O)OC(C)(C)C)CC2.CC(C)(C)OC(=O)N1CCc2ccc(Cl)c(SCC3CCC(=O)O3)c2CC1. The van der Waals surface area contributed by atoms with E-state index in [-0.39, 0.29) is 29.4 Å². The van der Waals surface area contributed by atoms with Crippen LogP contribution in [0, 0.1) is 0 Å². The van der Waals surface area contributed by atoms with E-state index in [0.717, 1.165) is 58.4 Å². The molecule has 5 rings (SSSR count). The minimum atomic E-state index is -0.505. The number of halogens is 2. The van der Waals surface area contributed by atoms with Gasteiger partial charge in [0.05, 0.1) is 10.0 Å². The summed E-state index contributed by atoms with van der Waals surface area (Å²) in [5.74, 6) is 0.587. The number of esters is 1. The number of hydrogen-bond donors (Lipinski definition) is 0. The summed E-state index contributed by atoms with van der Waals surface area (Å²) in [6.45, 7) is 15.1. The van der Waals surface area contributed by atoms with Crippen molar-refractivity contribution in [3.8, 4) is 0 Å². The molecule has 3 aliphatic rings. The van der Waals surface area contributed by atoms with Crippen LogP contribution in [0.1, 0.15) is 83.6 Å². The number of rotatable bonds is 4. The average molecular weight is 768 g/mol. The summed E-state index contributed by atoms with van der Waals surface area (Å²) in [4.78, 5) is 52.8. The summed E-state index contributed by atoms with van der Waals surface area (Å²) >= 11 is 15.6. The molecule has 274 valence electrons. The lowest BCUT2D eigenvalue weighted by atomic mass is 10.0. The van der Waals surface area contributed by atoms with Crippen molar-refractivity contribution in [3.63, 3.8) is 0 Å². The largest absolute Gasteiger partial charge is 0.461 e. The maximum Gasteiger partial charge on any atom is 0.410 e. The molecule has 2 aromatic carbocycles. The van der Waals surface area contributed by atoms with Gasteiger partial charge in [-0.2, -0.15) is 0 Å². The molecule has 13 heteroatoms. The van der Waals surface area contributed by atoms with E-state index in [2.05, 4.69) is 6.07 Å². The summed E-state index contributed by atoms with van der Waals surface area (Å²) in [6, 6.07) is 7.79. The Morgan fingerprint density at radius 2 is 1.22 bits per heavy atom. The average Bonchev–Trinajstić information content (AvgIpc) is 3.17. The smallest absolute Gasteiger partial charge is 0.410 e. The van der Waals surface area contributed by atoms with Crippen molar-refractivity contribution < 1.29 is 33.4 Å². The number of carbonyl (C=O) groups excluding carboxylic acids is 4. The molecule has 1 atom stereocenters. The maximum atomic E-state index is 12.4. The minimum absolute atomic E-state index is 0.00791. The predicted octanol–water partition coefficient (Wildman–Crippen LogP) is 8.79. The lowest BCUT2D eigenvalue weighted by Crippen LogP contribution is -2.38. The van der Waals surface area contributed by atoms with E-state index in [9.17, 15) is 19.2 Å². The van der Waals surface area contributed by atoms with E-state index in [1.807, 2.05) is 59.7 Å². The van der Waals surface area contributed by atoms with Gasteiger partial charge in [0.15, 0.2) is 5.12 Å². The Morgan fingerprint density at radius 1 is 0.760 bits per heavy atom. The van der Waals surface area contributed by atoms with Crippen LogP contribution in [0.25, 0.3) is 0 Å². The third-order valence-corrected chi connectivity index (χ3v) is 11.2. The van der Waals surface area contributed by atoms with Crippen LogP contribution in [0.15, 0.2) is 34.1 Å². The first-order chi connectivity index (χ1) is 23.4. The summed E-state index contributed by atoms with van der Waals surface area (Å²) in [5, 5.41) is 1.32. The second kappa shape index (κ2) is 17.3. The van der Waals surface area contributed by atoms with Crippen LogP contribution in [0.3, 0.4) is 0 Å². The fourth-order valence-electron chi connectivity index (χ4n) is 5.83. The number of amides is 2. The quantitative estimate of drug-likeness (QED) is 0.172. The van der Waals surface area contributed by atoms with Crippen LogP contribution in [-0.4, -0.2) is 82.3 Å². The first-order valence-corrected chi connectivity index (χ1v) is 19.5. The third kappa shape index (κ3) is 11.7. The second-order valence-electron chi connectivity index (χ2n) is 14.5. The normalized spacial score (nSPS) is 17.7. The molecule has 1 unspecified atom stereocenters. The van der Waals surface area contributed by atoms with E-state index >= 15 is 0 Å². The van der Waals surface area contributed by atoms with Crippen LogP contribution in [-0.2, 0) is 49.5 Å². The summed E-state index contributed by atoms with van der Waals surface area (Å²) in [5.41, 5.74) is 3.63. The molecule has 0 aromatic heterocycles. The van der Waals surface area contributed by atoms with E-state index in [1.165, 1.54) is 18.1 Å². The molecule has 9 nitrogen and oxygen atoms in total. The van der Waals surface area contributed by atoms with Gasteiger partial charge in [-0.1, -0.05) is 47.1 Å². The van der Waals surface area contributed by atoms with Gasteiger partial charge in [0.25, 0.3) is 0 Å². The van der Waals surface area contributed by atoms with Crippen LogP contribution in [0.5, 0.6) is 0 Å². The highest BCUT2D eigenvalue weighted by atomic mass is 35.5. The van der Waals surface area contributed by atoms with Gasteiger partial charge in [-0.25, -0.2) is 9.59 Å². The molecular weight excluding hydrogens is 719 g/mol. The van der Waals surface area contributed by atoms with Crippen LogP contribution >= 0.6 is 46.7 Å². The summed E-state index contributed by atoms with van der Waals surface area (Å²) in [6.07, 6.45) is 3.58. The lowest BCUT2D eigenvalue weighted by molar-refractivity contribution is -0.140. The van der Waals surface area contributed by atoms with Gasteiger partial charge in [-0.05, 0) is 108 Å². The van der Waals surface area contributed by atoms with Crippen molar-refractivity contribution in [1.82, 2.24) is 9.80 Å². The molecule has 2 amide bonds. The van der Waals surface area contributed by atoms with E-state index in [1.54, 1.807) is 21.6 Å². The maximum absolute atomic E-state index is 12.4. The molecule has 1 fully saturated rings. The number of hydrogen-bond acceptors (Lipinski definition) is 9. The van der Waals surface area contributed by atoms with Gasteiger partial charge in [0, 0.05) is 55.1 Å². The van der Waals surface area contributed by atoms with Crippen LogP contribution in [0.2, 0.25) is 10.0 Å². The molecule has 0 N–H and O–H groups in total. The summed E-state index contributed by atoms with van der Waals surface area (Å²) in [7, 11) is 0. The van der Waals surface area contributed by atoms with Gasteiger partial charge in [-0.3, -0.25) is 9.59 Å². The molecule has 0 aliphatic carbocycles. The molecule has 2 aromatic rings. The monoisotopic (exact) mass is 766 g/mol. The van der Waals surface area contributed by atoms with Crippen LogP contribution in [0.4, 0.5) is 9.59 Å². The van der Waals surface area contributed by atoms with Gasteiger partial charge in [-0.15, -0.1) is 11.8 Å². The molecule has 3 aliphatic heterocycles. The zero-order valence-electron chi connectivity index (χ0n) is 30.0. The topological polar surface area (TPSA) is 102 Å². The first-order valence-electron chi connectivity index (χ1n) is 17.0. The van der Waals surface area contributed by atoms with Crippen molar-refractivity contribution in [2.24, 2.45) is 0 Å². The fraction of sp³-hybridized carbons (Fsp3) is 0.568. The standard InChI is InChI=1S/C20H26ClNO4S.C17H22ClNO3S/c1-20(2,3)26-19(24)22-10-8-13-4-6-16(21)18(15(13)9-11-22)27-12-14-5-7-17(23)25-14;1-11(20)23-15-13-8-10-19(16(21)22-17(2,3)4)9-7-12(13)5-6-14(15)18/h4,6,14H,5,7-12H2,1-3H3;5-6H,7-10H2,1-4H3.